The third-order valence-electron chi connectivity index (χ3n) is 7.85. The number of nitrogens with zero attached hydrogens (tertiary/aromatic N) is 6. The first kappa shape index (κ1) is 23.6. The van der Waals surface area contributed by atoms with Crippen molar-refractivity contribution in [2.24, 2.45) is 13.0 Å². The molecule has 3 aliphatic heterocycles. The fraction of sp³-hybridized carbons (Fsp3) is 0.481. The average Bonchev–Trinajstić information content (AvgIpc) is 3.38. The van der Waals surface area contributed by atoms with Crippen LogP contribution in [-0.2, 0) is 36.7 Å². The van der Waals surface area contributed by atoms with Crippen LogP contribution >= 0.6 is 11.6 Å². The van der Waals surface area contributed by atoms with Crippen molar-refractivity contribution < 1.29 is 9.53 Å². The monoisotopic (exact) mass is 506 g/mol. The van der Waals surface area contributed by atoms with Crippen molar-refractivity contribution in [3.63, 3.8) is 0 Å². The van der Waals surface area contributed by atoms with Crippen LogP contribution in [0.1, 0.15) is 52.6 Å². The first-order valence-electron chi connectivity index (χ1n) is 12.6. The molecule has 1 aromatic carbocycles. The Hall–Kier alpha value is -2.81. The molecule has 1 atom stereocenters. The van der Waals surface area contributed by atoms with Gasteiger partial charge in [0, 0.05) is 37.5 Å². The van der Waals surface area contributed by atoms with Crippen molar-refractivity contribution in [2.45, 2.75) is 44.7 Å². The molecular formula is C27H31ClN6O2. The van der Waals surface area contributed by atoms with Gasteiger partial charge in [0.1, 0.15) is 23.1 Å². The average molecular weight is 507 g/mol. The highest BCUT2D eigenvalue weighted by atomic mass is 35.5. The van der Waals surface area contributed by atoms with E-state index in [2.05, 4.69) is 39.1 Å². The Kier molecular flexibility index (Phi) is 6.06. The van der Waals surface area contributed by atoms with Crippen LogP contribution in [0.15, 0.2) is 36.7 Å². The summed E-state index contributed by atoms with van der Waals surface area (Å²) in [6.07, 6.45) is 4.94. The first-order valence-corrected chi connectivity index (χ1v) is 13.0. The number of rotatable bonds is 6. The maximum absolute atomic E-state index is 13.6. The smallest absolute Gasteiger partial charge is 0.260 e. The second-order valence-corrected chi connectivity index (χ2v) is 11.1. The zero-order valence-electron chi connectivity index (χ0n) is 20.8. The number of aryl methyl sites for hydroxylation is 1. The van der Waals surface area contributed by atoms with Crippen LogP contribution in [0.2, 0.25) is 5.15 Å². The van der Waals surface area contributed by atoms with Crippen LogP contribution in [0, 0.1) is 5.92 Å². The normalized spacial score (nSPS) is 21.5. The van der Waals surface area contributed by atoms with Crippen LogP contribution in [0.4, 0.5) is 5.82 Å². The zero-order chi connectivity index (χ0) is 24.9. The Bertz CT molecular complexity index is 1300. The Morgan fingerprint density at radius 3 is 2.81 bits per heavy atom. The Labute approximate surface area is 216 Å². The topological polar surface area (TPSA) is 76.4 Å². The summed E-state index contributed by atoms with van der Waals surface area (Å²) in [5, 5.41) is 8.71. The molecule has 0 N–H and O–H groups in total. The van der Waals surface area contributed by atoms with Gasteiger partial charge >= 0.3 is 0 Å². The maximum atomic E-state index is 13.6. The van der Waals surface area contributed by atoms with Gasteiger partial charge in [0.2, 0.25) is 0 Å². The molecule has 0 aliphatic carbocycles. The number of amides is 1. The number of hydrogen-bond acceptors (Lipinski definition) is 6. The summed E-state index contributed by atoms with van der Waals surface area (Å²) in [5.74, 6) is 2.20. The van der Waals surface area contributed by atoms with Crippen molar-refractivity contribution in [1.29, 1.82) is 0 Å². The van der Waals surface area contributed by atoms with Crippen molar-refractivity contribution in [3.05, 3.63) is 69.9 Å². The van der Waals surface area contributed by atoms with E-state index in [0.29, 0.717) is 43.1 Å². The van der Waals surface area contributed by atoms with Crippen LogP contribution in [0.25, 0.3) is 0 Å². The summed E-state index contributed by atoms with van der Waals surface area (Å²) in [4.78, 5) is 22.3. The van der Waals surface area contributed by atoms with Crippen LogP contribution in [0.3, 0.4) is 0 Å². The summed E-state index contributed by atoms with van der Waals surface area (Å²) in [5.41, 5.74) is 3.73. The predicted molar refractivity (Wildman–Crippen MR) is 137 cm³/mol. The largest absolute Gasteiger partial charge is 0.379 e. The number of fused-ring (bicyclic) bond motifs is 1. The number of carbonyl (C=O) groups excluding carboxylic acids is 1. The summed E-state index contributed by atoms with van der Waals surface area (Å²) in [7, 11) is 1.95. The molecule has 0 radical (unpaired) electrons. The summed E-state index contributed by atoms with van der Waals surface area (Å²) >= 11 is 6.43. The highest BCUT2D eigenvalue weighted by Gasteiger charge is 2.43. The lowest BCUT2D eigenvalue weighted by Gasteiger charge is -2.41. The van der Waals surface area contributed by atoms with Gasteiger partial charge in [-0.25, -0.2) is 4.98 Å². The summed E-state index contributed by atoms with van der Waals surface area (Å²) in [6.45, 7) is 7.01. The number of hydrogen-bond donors (Lipinski definition) is 0. The van der Waals surface area contributed by atoms with Gasteiger partial charge in [-0.15, -0.1) is 10.2 Å². The minimum Gasteiger partial charge on any atom is -0.379 e. The van der Waals surface area contributed by atoms with E-state index < -0.39 is 0 Å². The number of halogens is 1. The van der Waals surface area contributed by atoms with E-state index in [1.54, 1.807) is 11.2 Å². The number of carbonyl (C=O) groups is 1. The number of piperidine rings is 1. The lowest BCUT2D eigenvalue weighted by molar-refractivity contribution is -0.0611. The molecule has 0 bridgehead atoms. The minimum atomic E-state index is -0.198. The molecule has 188 valence electrons. The van der Waals surface area contributed by atoms with Gasteiger partial charge in [0.05, 0.1) is 19.8 Å². The third kappa shape index (κ3) is 4.31. The lowest BCUT2D eigenvalue weighted by atomic mass is 9.75. The molecule has 8 nitrogen and oxygen atoms in total. The third-order valence-corrected chi connectivity index (χ3v) is 8.04. The van der Waals surface area contributed by atoms with E-state index in [4.69, 9.17) is 16.3 Å². The number of aromatic nitrogens is 4. The van der Waals surface area contributed by atoms with Crippen LogP contribution < -0.4 is 4.90 Å². The number of ether oxygens (including phenoxy) is 1. The van der Waals surface area contributed by atoms with Gasteiger partial charge in [-0.05, 0) is 60.2 Å². The van der Waals surface area contributed by atoms with Crippen LogP contribution in [-0.4, -0.2) is 56.9 Å². The van der Waals surface area contributed by atoms with Crippen molar-refractivity contribution in [3.8, 4) is 0 Å². The quantitative estimate of drug-likeness (QED) is 0.474. The van der Waals surface area contributed by atoms with E-state index in [9.17, 15) is 4.79 Å². The molecule has 5 heterocycles. The fourth-order valence-corrected chi connectivity index (χ4v) is 5.98. The standard InChI is InChI=1S/C27H31ClN6O2/c1-18-4-3-7-33(12-18)13-19-8-23(28)30-24(9-19)34-14-20-5-6-21(10-22(20)26(34)35)27(15-36-16-27)11-25-31-29-17-32(25)2/h5-6,8-10,17-18H,3-4,7,11-16H2,1-2H3/t18-/m0/s1. The molecule has 6 rings (SSSR count). The summed E-state index contributed by atoms with van der Waals surface area (Å²) < 4.78 is 7.57. The van der Waals surface area contributed by atoms with Gasteiger partial charge in [0.15, 0.2) is 0 Å². The molecule has 3 aliphatic rings. The van der Waals surface area contributed by atoms with Crippen molar-refractivity contribution in [2.75, 3.05) is 31.2 Å². The molecule has 2 fully saturated rings. The molecule has 0 saturated carbocycles. The molecule has 2 aromatic heterocycles. The number of anilines is 1. The zero-order valence-corrected chi connectivity index (χ0v) is 21.5. The molecule has 2 saturated heterocycles. The Morgan fingerprint density at radius 2 is 2.08 bits per heavy atom. The molecule has 3 aromatic rings. The Morgan fingerprint density at radius 1 is 1.22 bits per heavy atom. The van der Waals surface area contributed by atoms with Crippen LogP contribution in [0.5, 0.6) is 0 Å². The molecule has 1 amide bonds. The van der Waals surface area contributed by atoms with Crippen molar-refractivity contribution in [1.82, 2.24) is 24.6 Å². The molecule has 36 heavy (non-hydrogen) atoms. The molecule has 0 spiro atoms. The number of pyridine rings is 1. The highest BCUT2D eigenvalue weighted by molar-refractivity contribution is 6.29. The second-order valence-electron chi connectivity index (χ2n) is 10.7. The SMILES string of the molecule is C[C@H]1CCCN(Cc2cc(Cl)nc(N3Cc4ccc(C5(Cc6nncn6C)COC5)cc4C3=O)c2)C1. The van der Waals surface area contributed by atoms with E-state index in [0.717, 1.165) is 47.7 Å². The molecule has 9 heteroatoms. The van der Waals surface area contributed by atoms with E-state index >= 15 is 0 Å². The minimum absolute atomic E-state index is 0.0341. The summed E-state index contributed by atoms with van der Waals surface area (Å²) in [6, 6.07) is 10.2. The van der Waals surface area contributed by atoms with Gasteiger partial charge in [-0.3, -0.25) is 14.6 Å². The van der Waals surface area contributed by atoms with Gasteiger partial charge in [-0.1, -0.05) is 30.7 Å². The first-order chi connectivity index (χ1) is 17.4. The predicted octanol–water partition coefficient (Wildman–Crippen LogP) is 3.77. The number of likely N-dealkylation sites (tertiary alicyclic amines) is 1. The van der Waals surface area contributed by atoms with E-state index in [1.807, 2.05) is 29.8 Å². The van der Waals surface area contributed by atoms with Gasteiger partial charge in [-0.2, -0.15) is 0 Å². The van der Waals surface area contributed by atoms with Gasteiger partial charge < -0.3 is 9.30 Å². The maximum Gasteiger partial charge on any atom is 0.260 e. The lowest BCUT2D eigenvalue weighted by Crippen LogP contribution is -2.49. The molecular weight excluding hydrogens is 476 g/mol. The molecule has 0 unspecified atom stereocenters. The van der Waals surface area contributed by atoms with Crippen molar-refractivity contribution >= 4 is 23.3 Å². The second kappa shape index (κ2) is 9.25. The van der Waals surface area contributed by atoms with E-state index in [1.165, 1.54) is 12.8 Å². The van der Waals surface area contributed by atoms with Gasteiger partial charge in [0.25, 0.3) is 5.91 Å². The van der Waals surface area contributed by atoms with E-state index in [-0.39, 0.29) is 11.3 Å². The number of benzene rings is 1. The highest BCUT2D eigenvalue weighted by Crippen LogP contribution is 2.38. The Balaban J connectivity index is 1.24. The fourth-order valence-electron chi connectivity index (χ4n) is 5.76.